The molecular formula is C17H18F2N2O. The van der Waals surface area contributed by atoms with Crippen LogP contribution in [0.4, 0.5) is 20.2 Å². The molecule has 2 rings (SSSR count). The van der Waals surface area contributed by atoms with E-state index < -0.39 is 11.6 Å². The number of anilines is 2. The zero-order valence-electron chi connectivity index (χ0n) is 12.4. The molecule has 0 aromatic heterocycles. The first-order chi connectivity index (χ1) is 10.6. The first kappa shape index (κ1) is 15.9. The van der Waals surface area contributed by atoms with Gasteiger partial charge in [-0.05, 0) is 31.2 Å². The smallest absolute Gasteiger partial charge is 0.226 e. The van der Waals surface area contributed by atoms with Gasteiger partial charge in [0.25, 0.3) is 0 Å². The third kappa shape index (κ3) is 4.28. The second-order valence-corrected chi connectivity index (χ2v) is 4.84. The normalized spacial score (nSPS) is 10.3. The summed E-state index contributed by atoms with van der Waals surface area (Å²) in [7, 11) is 0. The van der Waals surface area contributed by atoms with Crippen molar-refractivity contribution in [2.24, 2.45) is 0 Å². The number of amides is 1. The molecule has 0 saturated carbocycles. The van der Waals surface area contributed by atoms with Crippen molar-refractivity contribution in [3.63, 3.8) is 0 Å². The molecule has 0 bridgehead atoms. The van der Waals surface area contributed by atoms with Crippen LogP contribution in [0.15, 0.2) is 48.5 Å². The molecule has 3 nitrogen and oxygen atoms in total. The molecule has 1 amide bonds. The Morgan fingerprint density at radius 2 is 1.86 bits per heavy atom. The summed E-state index contributed by atoms with van der Waals surface area (Å²) in [6.07, 6.45) is 0.222. The van der Waals surface area contributed by atoms with E-state index in [-0.39, 0.29) is 18.0 Å². The Labute approximate surface area is 128 Å². The number of hydrogen-bond donors (Lipinski definition) is 1. The number of halogens is 2. The molecule has 0 aliphatic carbocycles. The molecule has 2 aromatic rings. The van der Waals surface area contributed by atoms with E-state index in [9.17, 15) is 13.6 Å². The highest BCUT2D eigenvalue weighted by Gasteiger charge is 2.10. The lowest BCUT2D eigenvalue weighted by Crippen LogP contribution is -2.27. The van der Waals surface area contributed by atoms with Crippen molar-refractivity contribution in [1.29, 1.82) is 0 Å². The van der Waals surface area contributed by atoms with Crippen molar-refractivity contribution in [1.82, 2.24) is 0 Å². The van der Waals surface area contributed by atoms with Crippen LogP contribution in [-0.4, -0.2) is 19.0 Å². The van der Waals surface area contributed by atoms with Gasteiger partial charge in [-0.1, -0.05) is 18.2 Å². The van der Waals surface area contributed by atoms with Crippen LogP contribution in [0.2, 0.25) is 0 Å². The number of carbonyl (C=O) groups excluding carboxylic acids is 1. The van der Waals surface area contributed by atoms with Gasteiger partial charge >= 0.3 is 0 Å². The molecule has 0 saturated heterocycles. The fraction of sp³-hybridized carbons (Fsp3) is 0.235. The summed E-state index contributed by atoms with van der Waals surface area (Å²) < 4.78 is 26.3. The van der Waals surface area contributed by atoms with Crippen molar-refractivity contribution < 1.29 is 13.6 Å². The second kappa shape index (κ2) is 7.54. The first-order valence-electron chi connectivity index (χ1n) is 7.15. The maximum atomic E-state index is 13.5. The van der Waals surface area contributed by atoms with Gasteiger partial charge < -0.3 is 10.2 Å². The zero-order valence-corrected chi connectivity index (χ0v) is 12.4. The minimum Gasteiger partial charge on any atom is -0.371 e. The molecule has 0 atom stereocenters. The molecule has 22 heavy (non-hydrogen) atoms. The van der Waals surface area contributed by atoms with Crippen LogP contribution in [-0.2, 0) is 4.79 Å². The van der Waals surface area contributed by atoms with Gasteiger partial charge in [-0.2, -0.15) is 0 Å². The predicted molar refractivity (Wildman–Crippen MR) is 83.9 cm³/mol. The van der Waals surface area contributed by atoms with E-state index in [2.05, 4.69) is 10.2 Å². The highest BCUT2D eigenvalue weighted by atomic mass is 19.1. The molecule has 0 spiro atoms. The third-order valence-corrected chi connectivity index (χ3v) is 3.32. The molecular weight excluding hydrogens is 286 g/mol. The number of benzene rings is 2. The van der Waals surface area contributed by atoms with Crippen LogP contribution in [0.5, 0.6) is 0 Å². The Morgan fingerprint density at radius 3 is 2.50 bits per heavy atom. The lowest BCUT2D eigenvalue weighted by Gasteiger charge is -2.22. The summed E-state index contributed by atoms with van der Waals surface area (Å²) in [4.78, 5) is 14.0. The highest BCUT2D eigenvalue weighted by Crippen LogP contribution is 2.16. The van der Waals surface area contributed by atoms with Gasteiger partial charge in [-0.25, -0.2) is 8.78 Å². The third-order valence-electron chi connectivity index (χ3n) is 3.32. The van der Waals surface area contributed by atoms with E-state index in [1.807, 2.05) is 37.3 Å². The minimum atomic E-state index is -0.774. The van der Waals surface area contributed by atoms with Gasteiger partial charge in [0.15, 0.2) is 0 Å². The van der Waals surface area contributed by atoms with Crippen LogP contribution in [0.25, 0.3) is 0 Å². The summed E-state index contributed by atoms with van der Waals surface area (Å²) >= 11 is 0. The molecule has 0 fully saturated rings. The lowest BCUT2D eigenvalue weighted by molar-refractivity contribution is -0.116. The van der Waals surface area contributed by atoms with Crippen molar-refractivity contribution in [2.75, 3.05) is 23.3 Å². The standard InChI is InChI=1S/C17H18F2N2O/c1-2-21(14-6-4-3-5-7-14)11-10-17(22)20-16-9-8-13(18)12-15(16)19/h3-9,12H,2,10-11H2,1H3,(H,20,22). The minimum absolute atomic E-state index is 0.00541. The van der Waals surface area contributed by atoms with Crippen molar-refractivity contribution in [3.05, 3.63) is 60.2 Å². The Balaban J connectivity index is 1.92. The van der Waals surface area contributed by atoms with Crippen LogP contribution >= 0.6 is 0 Å². The number of rotatable bonds is 6. The van der Waals surface area contributed by atoms with Crippen molar-refractivity contribution >= 4 is 17.3 Å². The Morgan fingerprint density at radius 1 is 1.14 bits per heavy atom. The number of nitrogens with one attached hydrogen (secondary N) is 1. The van der Waals surface area contributed by atoms with Gasteiger partial charge in [0, 0.05) is 31.3 Å². The van der Waals surface area contributed by atoms with E-state index >= 15 is 0 Å². The van der Waals surface area contributed by atoms with Gasteiger partial charge in [0.2, 0.25) is 5.91 Å². The maximum absolute atomic E-state index is 13.5. The maximum Gasteiger partial charge on any atom is 0.226 e. The topological polar surface area (TPSA) is 32.3 Å². The fourth-order valence-electron chi connectivity index (χ4n) is 2.15. The lowest BCUT2D eigenvalue weighted by atomic mass is 10.2. The number of carbonyl (C=O) groups is 1. The number of para-hydroxylation sites is 1. The average molecular weight is 304 g/mol. The molecule has 2 aromatic carbocycles. The van der Waals surface area contributed by atoms with Crippen LogP contribution in [0, 0.1) is 11.6 Å². The summed E-state index contributed by atoms with van der Waals surface area (Å²) in [6.45, 7) is 3.29. The van der Waals surface area contributed by atoms with Gasteiger partial charge in [0.05, 0.1) is 5.69 Å². The molecule has 0 aliphatic rings. The second-order valence-electron chi connectivity index (χ2n) is 4.84. The van der Waals surface area contributed by atoms with Crippen molar-refractivity contribution in [3.8, 4) is 0 Å². The van der Waals surface area contributed by atoms with Crippen LogP contribution < -0.4 is 10.2 Å². The number of hydrogen-bond acceptors (Lipinski definition) is 2. The van der Waals surface area contributed by atoms with Crippen LogP contribution in [0.1, 0.15) is 13.3 Å². The van der Waals surface area contributed by atoms with E-state index in [0.717, 1.165) is 24.4 Å². The highest BCUT2D eigenvalue weighted by molar-refractivity contribution is 5.91. The quantitative estimate of drug-likeness (QED) is 0.880. The van der Waals surface area contributed by atoms with E-state index in [1.54, 1.807) is 0 Å². The summed E-state index contributed by atoms with van der Waals surface area (Å²) in [5.74, 6) is -1.75. The van der Waals surface area contributed by atoms with Crippen molar-refractivity contribution in [2.45, 2.75) is 13.3 Å². The Kier molecular flexibility index (Phi) is 5.47. The average Bonchev–Trinajstić information content (AvgIpc) is 2.52. The molecule has 5 heteroatoms. The molecule has 0 aliphatic heterocycles. The first-order valence-corrected chi connectivity index (χ1v) is 7.15. The van der Waals surface area contributed by atoms with Gasteiger partial charge in [0.1, 0.15) is 11.6 Å². The van der Waals surface area contributed by atoms with Gasteiger partial charge in [-0.3, -0.25) is 4.79 Å². The monoisotopic (exact) mass is 304 g/mol. The van der Waals surface area contributed by atoms with E-state index in [4.69, 9.17) is 0 Å². The molecule has 1 N–H and O–H groups in total. The zero-order chi connectivity index (χ0) is 15.9. The molecule has 116 valence electrons. The Bertz CT molecular complexity index is 632. The van der Waals surface area contributed by atoms with E-state index in [0.29, 0.717) is 6.54 Å². The predicted octanol–water partition coefficient (Wildman–Crippen LogP) is 3.82. The largest absolute Gasteiger partial charge is 0.371 e. The molecule has 0 radical (unpaired) electrons. The fourth-order valence-corrected chi connectivity index (χ4v) is 2.15. The van der Waals surface area contributed by atoms with Gasteiger partial charge in [-0.15, -0.1) is 0 Å². The van der Waals surface area contributed by atoms with E-state index in [1.165, 1.54) is 6.07 Å². The SMILES string of the molecule is CCN(CCC(=O)Nc1ccc(F)cc1F)c1ccccc1. The molecule has 0 unspecified atom stereocenters. The summed E-state index contributed by atoms with van der Waals surface area (Å²) in [5, 5.41) is 2.46. The summed E-state index contributed by atoms with van der Waals surface area (Å²) in [6, 6.07) is 12.8. The summed E-state index contributed by atoms with van der Waals surface area (Å²) in [5.41, 5.74) is 1.03. The van der Waals surface area contributed by atoms with Crippen LogP contribution in [0.3, 0.4) is 0 Å². The number of nitrogens with zero attached hydrogens (tertiary/aromatic N) is 1. The molecule has 0 heterocycles. The Hall–Kier alpha value is -2.43.